The third-order valence-electron chi connectivity index (χ3n) is 8.07. The van der Waals surface area contributed by atoms with Gasteiger partial charge in [0.2, 0.25) is 0 Å². The Morgan fingerprint density at radius 3 is 2.08 bits per heavy atom. The number of aryl methyl sites for hydroxylation is 1. The van der Waals surface area contributed by atoms with Gasteiger partial charge in [-0.05, 0) is 82.9 Å². The van der Waals surface area contributed by atoms with Gasteiger partial charge in [0.15, 0.2) is 0 Å². The lowest BCUT2D eigenvalue weighted by atomic mass is 9.47. The minimum Gasteiger partial charge on any atom is -0.0613 e. The largest absolute Gasteiger partial charge is 0.0613 e. The molecule has 3 aliphatic carbocycles. The number of benzene rings is 2. The lowest BCUT2D eigenvalue weighted by Gasteiger charge is -2.55. The SMILES string of the molecule is CCc1ccc2c(c1)C1(c3cc(Br)ccc3-2)C2(C)CCCC1(C)CC2. The molecule has 5 rings (SSSR count). The summed E-state index contributed by atoms with van der Waals surface area (Å²) >= 11 is 3.78. The summed E-state index contributed by atoms with van der Waals surface area (Å²) in [5.41, 5.74) is 8.68. The highest BCUT2D eigenvalue weighted by atomic mass is 79.9. The van der Waals surface area contributed by atoms with E-state index in [0.29, 0.717) is 10.8 Å². The summed E-state index contributed by atoms with van der Waals surface area (Å²) in [6.07, 6.45) is 7.98. The first kappa shape index (κ1) is 16.1. The van der Waals surface area contributed by atoms with Crippen LogP contribution in [-0.2, 0) is 11.8 Å². The predicted octanol–water partition coefficient (Wildman–Crippen LogP) is 7.27. The fraction of sp³-hybridized carbons (Fsp3) is 0.500. The zero-order valence-corrected chi connectivity index (χ0v) is 17.2. The first-order valence-corrected chi connectivity index (χ1v) is 10.7. The van der Waals surface area contributed by atoms with Crippen molar-refractivity contribution in [2.24, 2.45) is 10.8 Å². The normalized spacial score (nSPS) is 35.0. The van der Waals surface area contributed by atoms with E-state index in [1.807, 2.05) is 0 Å². The third-order valence-corrected chi connectivity index (χ3v) is 8.56. The fourth-order valence-corrected chi connectivity index (χ4v) is 7.37. The summed E-state index contributed by atoms with van der Waals surface area (Å²) in [6, 6.07) is 14.4. The van der Waals surface area contributed by atoms with Gasteiger partial charge in [-0.2, -0.15) is 0 Å². The van der Waals surface area contributed by atoms with Crippen LogP contribution in [0.4, 0.5) is 0 Å². The molecule has 3 aliphatic rings. The molecule has 0 nitrogen and oxygen atoms in total. The van der Waals surface area contributed by atoms with Crippen LogP contribution in [-0.4, -0.2) is 0 Å². The fourth-order valence-electron chi connectivity index (χ4n) is 7.01. The molecule has 2 fully saturated rings. The summed E-state index contributed by atoms with van der Waals surface area (Å²) in [5, 5.41) is 0. The highest BCUT2D eigenvalue weighted by molar-refractivity contribution is 9.10. The summed E-state index contributed by atoms with van der Waals surface area (Å²) in [5.74, 6) is 0. The molecule has 0 N–H and O–H groups in total. The van der Waals surface area contributed by atoms with Crippen molar-refractivity contribution in [2.45, 2.75) is 64.7 Å². The van der Waals surface area contributed by atoms with Crippen molar-refractivity contribution in [3.05, 3.63) is 57.6 Å². The summed E-state index contributed by atoms with van der Waals surface area (Å²) in [7, 11) is 0. The molecule has 0 radical (unpaired) electrons. The molecule has 0 aliphatic heterocycles. The van der Waals surface area contributed by atoms with Crippen LogP contribution in [0.2, 0.25) is 0 Å². The Balaban J connectivity index is 1.93. The highest BCUT2D eigenvalue weighted by Crippen LogP contribution is 2.76. The van der Waals surface area contributed by atoms with Gasteiger partial charge < -0.3 is 0 Å². The van der Waals surface area contributed by atoms with Crippen molar-refractivity contribution >= 4 is 15.9 Å². The molecule has 2 aromatic carbocycles. The summed E-state index contributed by atoms with van der Waals surface area (Å²) in [4.78, 5) is 0. The predicted molar refractivity (Wildman–Crippen MR) is 109 cm³/mol. The Kier molecular flexibility index (Phi) is 3.23. The van der Waals surface area contributed by atoms with Crippen molar-refractivity contribution in [3.63, 3.8) is 0 Å². The topological polar surface area (TPSA) is 0 Å². The van der Waals surface area contributed by atoms with Gasteiger partial charge in [0.25, 0.3) is 0 Å². The smallest absolute Gasteiger partial charge is 0.0322 e. The van der Waals surface area contributed by atoms with Crippen molar-refractivity contribution in [1.29, 1.82) is 0 Å². The van der Waals surface area contributed by atoms with Crippen molar-refractivity contribution in [3.8, 4) is 11.1 Å². The summed E-state index contributed by atoms with van der Waals surface area (Å²) in [6.45, 7) is 7.47. The van der Waals surface area contributed by atoms with Gasteiger partial charge in [-0.25, -0.2) is 0 Å². The van der Waals surface area contributed by atoms with Crippen molar-refractivity contribution in [1.82, 2.24) is 0 Å². The van der Waals surface area contributed by atoms with Crippen molar-refractivity contribution < 1.29 is 0 Å². The molecule has 25 heavy (non-hydrogen) atoms. The van der Waals surface area contributed by atoms with Crippen LogP contribution in [0.15, 0.2) is 40.9 Å². The Bertz CT molecular complexity index is 862. The Hall–Kier alpha value is -1.08. The molecule has 1 heteroatoms. The van der Waals surface area contributed by atoms with Gasteiger partial charge in [-0.3, -0.25) is 0 Å². The monoisotopic (exact) mass is 394 g/mol. The molecule has 130 valence electrons. The van der Waals surface area contributed by atoms with Crippen LogP contribution < -0.4 is 0 Å². The first-order valence-electron chi connectivity index (χ1n) is 9.89. The molecule has 0 aromatic heterocycles. The third kappa shape index (κ3) is 1.74. The standard InChI is InChI=1S/C24H27Br/c1-4-16-6-8-18-19-9-7-17(25)15-21(19)24(20(18)14-16)22(2)10-5-11-23(24,3)13-12-22/h6-9,14-15H,4-5,10-13H2,1-3H3. The van der Waals surface area contributed by atoms with E-state index in [2.05, 4.69) is 73.1 Å². The lowest BCUT2D eigenvalue weighted by Crippen LogP contribution is -2.51. The van der Waals surface area contributed by atoms with Gasteiger partial charge >= 0.3 is 0 Å². The van der Waals surface area contributed by atoms with E-state index in [-0.39, 0.29) is 5.41 Å². The van der Waals surface area contributed by atoms with Crippen LogP contribution in [0.3, 0.4) is 0 Å². The first-order chi connectivity index (χ1) is 12.0. The average Bonchev–Trinajstić information content (AvgIpc) is 2.94. The summed E-state index contributed by atoms with van der Waals surface area (Å²) < 4.78 is 1.23. The molecule has 2 unspecified atom stereocenters. The van der Waals surface area contributed by atoms with Gasteiger partial charge in [-0.1, -0.05) is 67.4 Å². The number of hydrogen-bond acceptors (Lipinski definition) is 0. The van der Waals surface area contributed by atoms with Crippen LogP contribution in [0.25, 0.3) is 11.1 Å². The lowest BCUT2D eigenvalue weighted by molar-refractivity contribution is 0.0562. The zero-order valence-electron chi connectivity index (χ0n) is 15.6. The van der Waals surface area contributed by atoms with E-state index in [9.17, 15) is 0 Å². The molecule has 2 saturated carbocycles. The second kappa shape index (κ2) is 5.00. The van der Waals surface area contributed by atoms with Crippen LogP contribution >= 0.6 is 15.9 Å². The minimum absolute atomic E-state index is 0.192. The van der Waals surface area contributed by atoms with Gasteiger partial charge in [0.1, 0.15) is 0 Å². The number of halogens is 1. The van der Waals surface area contributed by atoms with Crippen LogP contribution in [0, 0.1) is 10.8 Å². The zero-order chi connectivity index (χ0) is 17.4. The molecule has 0 heterocycles. The van der Waals surface area contributed by atoms with E-state index < -0.39 is 0 Å². The van der Waals surface area contributed by atoms with Crippen LogP contribution in [0.5, 0.6) is 0 Å². The maximum Gasteiger partial charge on any atom is 0.0322 e. The molecule has 0 amide bonds. The van der Waals surface area contributed by atoms with E-state index in [1.165, 1.54) is 53.3 Å². The molecule has 2 atom stereocenters. The Labute approximate surface area is 160 Å². The Morgan fingerprint density at radius 2 is 1.44 bits per heavy atom. The Morgan fingerprint density at radius 1 is 0.840 bits per heavy atom. The number of rotatable bonds is 1. The second-order valence-corrected chi connectivity index (χ2v) is 10.1. The average molecular weight is 395 g/mol. The molecule has 2 bridgehead atoms. The second-order valence-electron chi connectivity index (χ2n) is 9.15. The quantitative estimate of drug-likeness (QED) is 0.476. The van der Waals surface area contributed by atoms with Gasteiger partial charge in [0, 0.05) is 9.89 Å². The minimum atomic E-state index is 0.192. The van der Waals surface area contributed by atoms with E-state index in [0.717, 1.165) is 6.42 Å². The highest BCUT2D eigenvalue weighted by Gasteiger charge is 2.69. The van der Waals surface area contributed by atoms with E-state index >= 15 is 0 Å². The maximum atomic E-state index is 3.78. The van der Waals surface area contributed by atoms with Crippen molar-refractivity contribution in [2.75, 3.05) is 0 Å². The molecule has 0 saturated heterocycles. The van der Waals surface area contributed by atoms with E-state index in [4.69, 9.17) is 0 Å². The molecule has 2 aromatic rings. The van der Waals surface area contributed by atoms with Crippen LogP contribution in [0.1, 0.15) is 69.6 Å². The maximum absolute atomic E-state index is 3.78. The van der Waals surface area contributed by atoms with Gasteiger partial charge in [-0.15, -0.1) is 0 Å². The molecule has 1 spiro atoms. The number of fused-ring (bicyclic) bond motifs is 3. The number of hydrogen-bond donors (Lipinski definition) is 0. The van der Waals surface area contributed by atoms with Gasteiger partial charge in [0.05, 0.1) is 0 Å². The van der Waals surface area contributed by atoms with E-state index in [1.54, 1.807) is 11.1 Å². The molecular formula is C24H27Br. The molecular weight excluding hydrogens is 368 g/mol.